The van der Waals surface area contributed by atoms with E-state index in [9.17, 15) is 10.1 Å². The molecule has 15 heavy (non-hydrogen) atoms. The number of rotatable bonds is 4. The summed E-state index contributed by atoms with van der Waals surface area (Å²) in [5.74, 6) is 0.358. The van der Waals surface area contributed by atoms with E-state index in [1.165, 1.54) is 12.1 Å². The summed E-state index contributed by atoms with van der Waals surface area (Å²) in [5.41, 5.74) is -0.0510. The number of benzene rings is 1. The third-order valence-electron chi connectivity index (χ3n) is 1.56. The molecular weight excluding hydrogens is 266 g/mol. The predicted molar refractivity (Wildman–Crippen MR) is 58.0 cm³/mol. The lowest BCUT2D eigenvalue weighted by molar-refractivity contribution is -0.385. The Balaban J connectivity index is 2.84. The molecule has 0 aliphatic heterocycles. The Hall–Kier alpha value is -1.14. The molecule has 0 amide bonds. The maximum Gasteiger partial charge on any atom is 0.274 e. The van der Waals surface area contributed by atoms with Crippen LogP contribution in [0.1, 0.15) is 6.92 Å². The van der Waals surface area contributed by atoms with Gasteiger partial charge in [-0.3, -0.25) is 10.1 Å². The van der Waals surface area contributed by atoms with E-state index in [1.54, 1.807) is 13.0 Å². The van der Waals surface area contributed by atoms with Crippen molar-refractivity contribution in [2.75, 3.05) is 6.61 Å². The zero-order valence-corrected chi connectivity index (χ0v) is 9.60. The molecule has 0 saturated heterocycles. The Morgan fingerprint density at radius 1 is 1.60 bits per heavy atom. The van der Waals surface area contributed by atoms with Gasteiger partial charge in [0.25, 0.3) is 5.69 Å². The largest absolute Gasteiger partial charge is 0.491 e. The molecule has 1 aromatic rings. The van der Waals surface area contributed by atoms with E-state index in [-0.39, 0.29) is 12.3 Å². The molecule has 5 nitrogen and oxygen atoms in total. The molecule has 0 radical (unpaired) electrons. The number of aliphatic hydroxyl groups is 1. The van der Waals surface area contributed by atoms with Gasteiger partial charge in [0, 0.05) is 10.5 Å². The number of nitro benzene ring substituents is 1. The van der Waals surface area contributed by atoms with E-state index in [0.29, 0.717) is 10.2 Å². The number of hydrogen-bond acceptors (Lipinski definition) is 4. The van der Waals surface area contributed by atoms with Crippen molar-refractivity contribution >= 4 is 21.6 Å². The molecule has 0 fully saturated rings. The highest BCUT2D eigenvalue weighted by molar-refractivity contribution is 9.10. The predicted octanol–water partition coefficient (Wildman–Crippen LogP) is 2.12. The van der Waals surface area contributed by atoms with Crippen molar-refractivity contribution in [3.05, 3.63) is 32.8 Å². The third-order valence-corrected chi connectivity index (χ3v) is 2.02. The van der Waals surface area contributed by atoms with Crippen LogP contribution in [0.5, 0.6) is 5.75 Å². The number of hydrogen-bond donors (Lipinski definition) is 1. The minimum Gasteiger partial charge on any atom is -0.491 e. The molecule has 1 aromatic carbocycles. The van der Waals surface area contributed by atoms with Crippen LogP contribution in [-0.4, -0.2) is 22.7 Å². The Bertz CT molecular complexity index is 367. The summed E-state index contributed by atoms with van der Waals surface area (Å²) in [6, 6.07) is 4.30. The zero-order valence-electron chi connectivity index (χ0n) is 8.01. The lowest BCUT2D eigenvalue weighted by atomic mass is 10.3. The van der Waals surface area contributed by atoms with Gasteiger partial charge < -0.3 is 9.84 Å². The van der Waals surface area contributed by atoms with Crippen LogP contribution in [0.4, 0.5) is 5.69 Å². The van der Waals surface area contributed by atoms with Gasteiger partial charge in [-0.25, -0.2) is 0 Å². The molecule has 0 spiro atoms. The molecule has 0 saturated carbocycles. The SMILES string of the molecule is CC(O)COc1cc(Br)cc([N+](=O)[O-])c1. The van der Waals surface area contributed by atoms with Gasteiger partial charge in [-0.05, 0) is 13.0 Å². The first-order chi connectivity index (χ1) is 6.99. The summed E-state index contributed by atoms with van der Waals surface area (Å²) < 4.78 is 5.72. The van der Waals surface area contributed by atoms with Gasteiger partial charge in [0.1, 0.15) is 12.4 Å². The molecular formula is C9H10BrNO4. The fourth-order valence-electron chi connectivity index (χ4n) is 0.953. The summed E-state index contributed by atoms with van der Waals surface area (Å²) in [5, 5.41) is 19.5. The van der Waals surface area contributed by atoms with Crippen molar-refractivity contribution in [3.63, 3.8) is 0 Å². The molecule has 1 rings (SSSR count). The van der Waals surface area contributed by atoms with Crippen LogP contribution >= 0.6 is 15.9 Å². The van der Waals surface area contributed by atoms with Crippen molar-refractivity contribution < 1.29 is 14.8 Å². The summed E-state index contributed by atoms with van der Waals surface area (Å²) in [7, 11) is 0. The van der Waals surface area contributed by atoms with E-state index < -0.39 is 11.0 Å². The normalized spacial score (nSPS) is 12.2. The zero-order chi connectivity index (χ0) is 11.4. The number of halogens is 1. The Morgan fingerprint density at radius 2 is 2.27 bits per heavy atom. The van der Waals surface area contributed by atoms with E-state index in [0.717, 1.165) is 0 Å². The molecule has 0 aliphatic carbocycles. The fourth-order valence-corrected chi connectivity index (χ4v) is 1.41. The molecule has 0 bridgehead atoms. The van der Waals surface area contributed by atoms with Gasteiger partial charge in [-0.2, -0.15) is 0 Å². The van der Waals surface area contributed by atoms with Gasteiger partial charge in [-0.1, -0.05) is 15.9 Å². The lowest BCUT2D eigenvalue weighted by Gasteiger charge is -2.08. The number of nitro groups is 1. The summed E-state index contributed by atoms with van der Waals surface area (Å²) >= 11 is 3.14. The summed E-state index contributed by atoms with van der Waals surface area (Å²) in [6.45, 7) is 1.68. The van der Waals surface area contributed by atoms with Gasteiger partial charge in [0.05, 0.1) is 17.1 Å². The highest BCUT2D eigenvalue weighted by Gasteiger charge is 2.09. The number of ether oxygens (including phenoxy) is 1. The maximum absolute atomic E-state index is 10.5. The second-order valence-corrected chi connectivity index (χ2v) is 3.98. The smallest absolute Gasteiger partial charge is 0.274 e. The molecule has 1 atom stereocenters. The van der Waals surface area contributed by atoms with Crippen molar-refractivity contribution in [1.82, 2.24) is 0 Å². The first-order valence-electron chi connectivity index (χ1n) is 4.25. The van der Waals surface area contributed by atoms with Crippen molar-refractivity contribution in [2.45, 2.75) is 13.0 Å². The number of nitrogens with zero attached hydrogens (tertiary/aromatic N) is 1. The van der Waals surface area contributed by atoms with Gasteiger partial charge in [0.15, 0.2) is 0 Å². The maximum atomic E-state index is 10.5. The molecule has 0 aromatic heterocycles. The summed E-state index contributed by atoms with van der Waals surface area (Å²) in [4.78, 5) is 10.0. The average molecular weight is 276 g/mol. The monoisotopic (exact) mass is 275 g/mol. The second kappa shape index (κ2) is 5.09. The van der Waals surface area contributed by atoms with Crippen LogP contribution in [0.3, 0.4) is 0 Å². The lowest BCUT2D eigenvalue weighted by Crippen LogP contribution is -2.12. The van der Waals surface area contributed by atoms with E-state index in [2.05, 4.69) is 15.9 Å². The van der Waals surface area contributed by atoms with E-state index in [4.69, 9.17) is 9.84 Å². The number of non-ortho nitro benzene ring substituents is 1. The van der Waals surface area contributed by atoms with Crippen LogP contribution in [-0.2, 0) is 0 Å². The minimum atomic E-state index is -0.608. The van der Waals surface area contributed by atoms with Crippen molar-refractivity contribution in [1.29, 1.82) is 0 Å². The molecule has 1 N–H and O–H groups in total. The van der Waals surface area contributed by atoms with Crippen molar-refractivity contribution in [3.8, 4) is 5.75 Å². The molecule has 82 valence electrons. The van der Waals surface area contributed by atoms with E-state index in [1.807, 2.05) is 0 Å². The highest BCUT2D eigenvalue weighted by Crippen LogP contribution is 2.26. The fraction of sp³-hybridized carbons (Fsp3) is 0.333. The van der Waals surface area contributed by atoms with Gasteiger partial charge in [0.2, 0.25) is 0 Å². The summed E-state index contributed by atoms with van der Waals surface area (Å²) in [6.07, 6.45) is -0.608. The first-order valence-corrected chi connectivity index (χ1v) is 5.04. The molecule has 0 aliphatic rings. The van der Waals surface area contributed by atoms with Crippen LogP contribution in [0.2, 0.25) is 0 Å². The molecule has 0 heterocycles. The molecule has 6 heteroatoms. The van der Waals surface area contributed by atoms with Crippen LogP contribution in [0, 0.1) is 10.1 Å². The topological polar surface area (TPSA) is 72.6 Å². The van der Waals surface area contributed by atoms with Crippen LogP contribution < -0.4 is 4.74 Å². The van der Waals surface area contributed by atoms with Crippen LogP contribution in [0.15, 0.2) is 22.7 Å². The van der Waals surface area contributed by atoms with Crippen LogP contribution in [0.25, 0.3) is 0 Å². The molecule has 1 unspecified atom stereocenters. The Morgan fingerprint density at radius 3 is 2.80 bits per heavy atom. The van der Waals surface area contributed by atoms with E-state index >= 15 is 0 Å². The quantitative estimate of drug-likeness (QED) is 0.675. The van der Waals surface area contributed by atoms with Gasteiger partial charge >= 0.3 is 0 Å². The average Bonchev–Trinajstić information content (AvgIpc) is 2.13. The first kappa shape index (κ1) is 11.9. The third kappa shape index (κ3) is 3.85. The highest BCUT2D eigenvalue weighted by atomic mass is 79.9. The number of aliphatic hydroxyl groups excluding tert-OH is 1. The van der Waals surface area contributed by atoms with Crippen molar-refractivity contribution in [2.24, 2.45) is 0 Å². The second-order valence-electron chi connectivity index (χ2n) is 3.06. The Labute approximate surface area is 95.0 Å². The minimum absolute atomic E-state index is 0.0510. The standard InChI is InChI=1S/C9H10BrNO4/c1-6(12)5-15-9-3-7(10)2-8(4-9)11(13)14/h2-4,6,12H,5H2,1H3. The Kier molecular flexibility index (Phi) is 4.05. The van der Waals surface area contributed by atoms with Gasteiger partial charge in [-0.15, -0.1) is 0 Å².